The van der Waals surface area contributed by atoms with Crippen LogP contribution in [0.3, 0.4) is 0 Å². The molecular weight excluding hydrogens is 373 g/mol. The van der Waals surface area contributed by atoms with Crippen molar-refractivity contribution in [1.82, 2.24) is 10.2 Å². The normalized spacial score (nSPS) is 15.0. The van der Waals surface area contributed by atoms with Gasteiger partial charge in [0.25, 0.3) is 0 Å². The number of nitrogens with zero attached hydrogens (tertiary/aromatic N) is 1. The van der Waals surface area contributed by atoms with E-state index in [0.29, 0.717) is 11.3 Å². The highest BCUT2D eigenvalue weighted by Gasteiger charge is 2.32. The lowest BCUT2D eigenvalue weighted by Crippen LogP contribution is -2.52. The number of nitrogens with one attached hydrogen (secondary N) is 1. The number of hydrogen-bond donors (Lipinski definition) is 1. The van der Waals surface area contributed by atoms with Crippen molar-refractivity contribution in [3.63, 3.8) is 0 Å². The first-order chi connectivity index (χ1) is 13.3. The molecule has 1 saturated heterocycles. The largest absolute Gasteiger partial charge is 0.573 e. The first kappa shape index (κ1) is 20.0. The maximum absolute atomic E-state index is 12.3. The van der Waals surface area contributed by atoms with Crippen LogP contribution < -0.4 is 14.8 Å². The first-order valence-electron chi connectivity index (χ1n) is 8.83. The third-order valence-corrected chi connectivity index (χ3v) is 4.44. The molecule has 0 unspecified atom stereocenters. The van der Waals surface area contributed by atoms with Crippen LogP contribution in [0.25, 0.3) is 0 Å². The lowest BCUT2D eigenvalue weighted by Gasteiger charge is -2.38. The minimum atomic E-state index is -4.72. The lowest BCUT2D eigenvalue weighted by molar-refractivity contribution is -0.274. The number of benzene rings is 2. The number of alkyl halides is 3. The Morgan fingerprint density at radius 1 is 1.11 bits per heavy atom. The molecule has 2 aromatic rings. The Morgan fingerprint density at radius 3 is 2.46 bits per heavy atom. The monoisotopic (exact) mass is 394 g/mol. The Kier molecular flexibility index (Phi) is 6.08. The summed E-state index contributed by atoms with van der Waals surface area (Å²) in [6.45, 7) is 2.38. The molecule has 0 spiro atoms. The molecule has 3 rings (SSSR count). The van der Waals surface area contributed by atoms with Gasteiger partial charge in [0.2, 0.25) is 5.91 Å². The van der Waals surface area contributed by atoms with Crippen LogP contribution in [-0.4, -0.2) is 37.3 Å². The van der Waals surface area contributed by atoms with E-state index in [2.05, 4.69) is 15.0 Å². The predicted molar refractivity (Wildman–Crippen MR) is 96.7 cm³/mol. The first-order valence-corrected chi connectivity index (χ1v) is 8.83. The zero-order valence-corrected chi connectivity index (χ0v) is 15.3. The summed E-state index contributed by atoms with van der Waals surface area (Å²) >= 11 is 0. The molecule has 28 heavy (non-hydrogen) atoms. The molecule has 150 valence electrons. The van der Waals surface area contributed by atoms with Gasteiger partial charge in [0.15, 0.2) is 0 Å². The molecule has 1 fully saturated rings. The highest BCUT2D eigenvalue weighted by molar-refractivity contribution is 5.79. The van der Waals surface area contributed by atoms with Crippen molar-refractivity contribution in [3.8, 4) is 11.5 Å². The van der Waals surface area contributed by atoms with Gasteiger partial charge >= 0.3 is 6.36 Å². The molecule has 0 aliphatic carbocycles. The van der Waals surface area contributed by atoms with E-state index in [0.717, 1.165) is 25.2 Å². The molecule has 2 aromatic carbocycles. The van der Waals surface area contributed by atoms with Crippen LogP contribution in [-0.2, 0) is 17.9 Å². The van der Waals surface area contributed by atoms with E-state index in [4.69, 9.17) is 4.74 Å². The van der Waals surface area contributed by atoms with Gasteiger partial charge in [-0.05, 0) is 35.4 Å². The second kappa shape index (κ2) is 8.52. The average Bonchev–Trinajstić information content (AvgIpc) is 2.62. The zero-order chi connectivity index (χ0) is 20.1. The minimum absolute atomic E-state index is 0.0599. The number of amides is 1. The number of carbonyl (C=O) groups excluding carboxylic acids is 1. The van der Waals surface area contributed by atoms with Crippen LogP contribution in [0.1, 0.15) is 11.1 Å². The Morgan fingerprint density at radius 2 is 1.82 bits per heavy atom. The van der Waals surface area contributed by atoms with Crippen molar-refractivity contribution < 1.29 is 27.4 Å². The average molecular weight is 394 g/mol. The maximum Gasteiger partial charge on any atom is 0.573 e. The van der Waals surface area contributed by atoms with Gasteiger partial charge in [0, 0.05) is 26.7 Å². The molecule has 1 aliphatic rings. The van der Waals surface area contributed by atoms with E-state index in [1.807, 2.05) is 24.3 Å². The van der Waals surface area contributed by atoms with Gasteiger partial charge in [0.1, 0.15) is 18.1 Å². The highest BCUT2D eigenvalue weighted by atomic mass is 19.4. The molecule has 8 heteroatoms. The summed E-state index contributed by atoms with van der Waals surface area (Å²) in [6.07, 6.45) is -4.72. The third kappa shape index (κ3) is 5.63. The molecule has 0 aromatic heterocycles. The van der Waals surface area contributed by atoms with E-state index in [9.17, 15) is 18.0 Å². The second-order valence-electron chi connectivity index (χ2n) is 6.63. The quantitative estimate of drug-likeness (QED) is 0.783. The topological polar surface area (TPSA) is 50.8 Å². The van der Waals surface area contributed by atoms with E-state index >= 15 is 0 Å². The van der Waals surface area contributed by atoms with Crippen molar-refractivity contribution in [2.75, 3.05) is 20.1 Å². The molecular formula is C20H21F3N2O3. The summed E-state index contributed by atoms with van der Waals surface area (Å²) in [6, 6.07) is 13.2. The van der Waals surface area contributed by atoms with E-state index in [1.54, 1.807) is 13.1 Å². The van der Waals surface area contributed by atoms with Crippen LogP contribution in [0.15, 0.2) is 48.5 Å². The Balaban J connectivity index is 1.47. The van der Waals surface area contributed by atoms with Crippen LogP contribution >= 0.6 is 0 Å². The molecule has 0 atom stereocenters. The van der Waals surface area contributed by atoms with Crippen LogP contribution in [0.5, 0.6) is 11.5 Å². The molecule has 1 N–H and O–H groups in total. The third-order valence-electron chi connectivity index (χ3n) is 4.44. The van der Waals surface area contributed by atoms with Crippen molar-refractivity contribution in [1.29, 1.82) is 0 Å². The van der Waals surface area contributed by atoms with Crippen molar-refractivity contribution in [3.05, 3.63) is 59.7 Å². The lowest BCUT2D eigenvalue weighted by atomic mass is 9.98. The summed E-state index contributed by atoms with van der Waals surface area (Å²) in [4.78, 5) is 13.7. The standard InChI is InChI=1S/C20H21F3N2O3/c1-24-19(26)16-11-25(12-16)10-14-5-7-17(8-6-14)27-13-15-3-2-4-18(9-15)28-20(21,22)23/h2-9,16H,10-13H2,1H3,(H,24,26). The van der Waals surface area contributed by atoms with Crippen molar-refractivity contribution in [2.24, 2.45) is 5.92 Å². The number of carbonyl (C=O) groups is 1. The SMILES string of the molecule is CNC(=O)C1CN(Cc2ccc(OCc3cccc(OC(F)(F)F)c3)cc2)C1. The second-order valence-corrected chi connectivity index (χ2v) is 6.63. The van der Waals surface area contributed by atoms with Crippen molar-refractivity contribution in [2.45, 2.75) is 19.5 Å². The van der Waals surface area contributed by atoms with Crippen LogP contribution in [0, 0.1) is 5.92 Å². The van der Waals surface area contributed by atoms with E-state index in [1.165, 1.54) is 18.2 Å². The van der Waals surface area contributed by atoms with E-state index in [-0.39, 0.29) is 24.2 Å². The van der Waals surface area contributed by atoms with Gasteiger partial charge in [-0.15, -0.1) is 13.2 Å². The van der Waals surface area contributed by atoms with Gasteiger partial charge in [-0.3, -0.25) is 9.69 Å². The maximum atomic E-state index is 12.3. The summed E-state index contributed by atoms with van der Waals surface area (Å²) in [7, 11) is 1.64. The van der Waals surface area contributed by atoms with Crippen molar-refractivity contribution >= 4 is 5.91 Å². The van der Waals surface area contributed by atoms with Gasteiger partial charge in [-0.1, -0.05) is 24.3 Å². The molecule has 5 nitrogen and oxygen atoms in total. The number of halogens is 3. The molecule has 1 amide bonds. The van der Waals surface area contributed by atoms with Crippen LogP contribution in [0.4, 0.5) is 13.2 Å². The number of hydrogen-bond acceptors (Lipinski definition) is 4. The Bertz CT molecular complexity index is 803. The number of rotatable bonds is 7. The number of likely N-dealkylation sites (tertiary alicyclic amines) is 1. The molecule has 0 bridgehead atoms. The molecule has 0 radical (unpaired) electrons. The summed E-state index contributed by atoms with van der Waals surface area (Å²) in [5, 5.41) is 2.66. The van der Waals surface area contributed by atoms with Gasteiger partial charge < -0.3 is 14.8 Å². The fraction of sp³-hybridized carbons (Fsp3) is 0.350. The Hall–Kier alpha value is -2.74. The number of ether oxygens (including phenoxy) is 2. The zero-order valence-electron chi connectivity index (χ0n) is 15.3. The smallest absolute Gasteiger partial charge is 0.489 e. The Labute approximate surface area is 161 Å². The summed E-state index contributed by atoms with van der Waals surface area (Å²) in [5.74, 6) is 0.487. The molecule has 0 saturated carbocycles. The fourth-order valence-electron chi connectivity index (χ4n) is 3.02. The summed E-state index contributed by atoms with van der Waals surface area (Å²) in [5.41, 5.74) is 1.68. The highest BCUT2D eigenvalue weighted by Crippen LogP contribution is 2.24. The van der Waals surface area contributed by atoms with Gasteiger partial charge in [-0.2, -0.15) is 0 Å². The van der Waals surface area contributed by atoms with Gasteiger partial charge in [0.05, 0.1) is 5.92 Å². The van der Waals surface area contributed by atoms with Crippen LogP contribution in [0.2, 0.25) is 0 Å². The summed E-state index contributed by atoms with van der Waals surface area (Å²) < 4.78 is 46.4. The fourth-order valence-corrected chi connectivity index (χ4v) is 3.02. The molecule has 1 heterocycles. The predicted octanol–water partition coefficient (Wildman–Crippen LogP) is 3.34. The van der Waals surface area contributed by atoms with E-state index < -0.39 is 6.36 Å². The molecule has 1 aliphatic heterocycles. The minimum Gasteiger partial charge on any atom is -0.489 e. The van der Waals surface area contributed by atoms with Gasteiger partial charge in [-0.25, -0.2) is 0 Å².